The highest BCUT2D eigenvalue weighted by Crippen LogP contribution is 2.27. The summed E-state index contributed by atoms with van der Waals surface area (Å²) in [5, 5.41) is 2.91. The van der Waals surface area contributed by atoms with E-state index in [1.54, 1.807) is 14.2 Å². The Morgan fingerprint density at radius 1 is 1.00 bits per heavy atom. The molecular weight excluding hydrogens is 456 g/mol. The van der Waals surface area contributed by atoms with Gasteiger partial charge in [0.15, 0.2) is 0 Å². The zero-order valence-electron chi connectivity index (χ0n) is 21.9. The van der Waals surface area contributed by atoms with E-state index in [1.165, 1.54) is 10.5 Å². The van der Waals surface area contributed by atoms with Gasteiger partial charge in [-0.3, -0.25) is 19.5 Å². The molecule has 8 nitrogen and oxygen atoms in total. The summed E-state index contributed by atoms with van der Waals surface area (Å²) >= 11 is 0. The molecule has 0 saturated carbocycles. The number of benzene rings is 2. The van der Waals surface area contributed by atoms with Crippen LogP contribution in [0, 0.1) is 5.92 Å². The normalized spacial score (nSPS) is 11.1. The van der Waals surface area contributed by atoms with E-state index in [9.17, 15) is 9.59 Å². The Morgan fingerprint density at radius 2 is 1.67 bits per heavy atom. The summed E-state index contributed by atoms with van der Waals surface area (Å²) in [7, 11) is 3.19. The minimum absolute atomic E-state index is 0.0859. The average Bonchev–Trinajstić information content (AvgIpc) is 3.29. The van der Waals surface area contributed by atoms with Crippen molar-refractivity contribution in [3.63, 3.8) is 0 Å². The van der Waals surface area contributed by atoms with Crippen molar-refractivity contribution in [2.24, 2.45) is 5.92 Å². The number of carbonyl (C=O) groups is 2. The summed E-state index contributed by atoms with van der Waals surface area (Å²) in [6.45, 7) is 8.52. The van der Waals surface area contributed by atoms with E-state index in [0.717, 1.165) is 17.0 Å². The minimum Gasteiger partial charge on any atom is -0.497 e. The molecule has 0 unspecified atom stereocenters. The lowest BCUT2D eigenvalue weighted by molar-refractivity contribution is -0.138. The van der Waals surface area contributed by atoms with Crippen LogP contribution in [0.5, 0.6) is 5.75 Å². The maximum Gasteiger partial charge on any atom is 0.246 e. The van der Waals surface area contributed by atoms with E-state index >= 15 is 0 Å². The van der Waals surface area contributed by atoms with Gasteiger partial charge in [-0.2, -0.15) is 0 Å². The van der Waals surface area contributed by atoms with Gasteiger partial charge >= 0.3 is 0 Å². The first-order valence-corrected chi connectivity index (χ1v) is 12.1. The maximum atomic E-state index is 13.1. The molecule has 0 bridgehead atoms. The highest BCUT2D eigenvalue weighted by Gasteiger charge is 2.21. The zero-order chi connectivity index (χ0) is 26.2. The van der Waals surface area contributed by atoms with Crippen molar-refractivity contribution in [1.82, 2.24) is 14.5 Å². The van der Waals surface area contributed by atoms with Crippen LogP contribution in [0.15, 0.2) is 54.7 Å². The summed E-state index contributed by atoms with van der Waals surface area (Å²) in [4.78, 5) is 31.9. The number of ether oxygens (including phenoxy) is 2. The molecule has 0 saturated heterocycles. The van der Waals surface area contributed by atoms with Crippen molar-refractivity contribution < 1.29 is 19.1 Å². The monoisotopic (exact) mass is 492 g/mol. The van der Waals surface area contributed by atoms with Gasteiger partial charge in [-0.05, 0) is 47.9 Å². The largest absolute Gasteiger partial charge is 0.497 e. The minimum atomic E-state index is -0.327. The highest BCUT2D eigenvalue weighted by atomic mass is 16.5. The number of nitrogens with zero attached hydrogens (tertiary/aromatic N) is 3. The van der Waals surface area contributed by atoms with Gasteiger partial charge in [0.2, 0.25) is 17.8 Å². The molecule has 2 amide bonds. The Labute approximate surface area is 213 Å². The maximum absolute atomic E-state index is 13.1. The first-order valence-electron chi connectivity index (χ1n) is 12.1. The molecule has 0 atom stereocenters. The van der Waals surface area contributed by atoms with E-state index in [1.807, 2.05) is 61.0 Å². The molecule has 3 rings (SSSR count). The molecule has 1 heterocycles. The van der Waals surface area contributed by atoms with Crippen molar-refractivity contribution in [2.75, 3.05) is 39.2 Å². The summed E-state index contributed by atoms with van der Waals surface area (Å²) in [5.74, 6) is 0.889. The van der Waals surface area contributed by atoms with Gasteiger partial charge in [-0.1, -0.05) is 39.8 Å². The molecule has 0 aliphatic rings. The number of amides is 2. The molecule has 1 N–H and O–H groups in total. The van der Waals surface area contributed by atoms with Gasteiger partial charge < -0.3 is 14.4 Å². The highest BCUT2D eigenvalue weighted by molar-refractivity contribution is 5.94. The second-order valence-electron chi connectivity index (χ2n) is 9.25. The molecule has 1 aromatic heterocycles. The molecule has 0 aliphatic carbocycles. The van der Waals surface area contributed by atoms with Crippen LogP contribution in [0.2, 0.25) is 0 Å². The van der Waals surface area contributed by atoms with Crippen LogP contribution in [0.3, 0.4) is 0 Å². The van der Waals surface area contributed by atoms with Gasteiger partial charge in [0.25, 0.3) is 0 Å². The standard InChI is InChI=1S/C28H36N4O4/c1-19(2)21-7-11-23(12-8-21)32-17-25(22-9-13-24(36-6)14-10-22)29-28(32)30-26(33)18-31(15-16-35-5)27(34)20(3)4/h7-14,17,19-20H,15-16,18H2,1-6H3,(H,29,30,33). The van der Waals surface area contributed by atoms with Crippen molar-refractivity contribution in [1.29, 1.82) is 0 Å². The Bertz CT molecular complexity index is 1150. The molecule has 3 aromatic rings. The first-order chi connectivity index (χ1) is 17.2. The fourth-order valence-corrected chi connectivity index (χ4v) is 3.76. The van der Waals surface area contributed by atoms with E-state index in [2.05, 4.69) is 31.3 Å². The Kier molecular flexibility index (Phi) is 9.25. The van der Waals surface area contributed by atoms with Crippen molar-refractivity contribution in [3.8, 4) is 22.7 Å². The topological polar surface area (TPSA) is 85.7 Å². The smallest absolute Gasteiger partial charge is 0.246 e. The van der Waals surface area contributed by atoms with E-state index in [0.29, 0.717) is 30.7 Å². The quantitative estimate of drug-likeness (QED) is 0.418. The van der Waals surface area contributed by atoms with Gasteiger partial charge in [-0.25, -0.2) is 4.98 Å². The van der Waals surface area contributed by atoms with Crippen LogP contribution in [0.1, 0.15) is 39.2 Å². The number of imidazole rings is 1. The SMILES string of the molecule is COCCN(CC(=O)Nc1nc(-c2ccc(OC)cc2)cn1-c1ccc(C(C)C)cc1)C(=O)C(C)C. The number of hydrogen-bond donors (Lipinski definition) is 1. The molecule has 0 aliphatic heterocycles. The van der Waals surface area contributed by atoms with Crippen LogP contribution in [0.25, 0.3) is 16.9 Å². The fourth-order valence-electron chi connectivity index (χ4n) is 3.76. The van der Waals surface area contributed by atoms with Crippen molar-refractivity contribution in [3.05, 3.63) is 60.3 Å². The number of aromatic nitrogens is 2. The number of carbonyl (C=O) groups excluding carboxylic acids is 2. The van der Waals surface area contributed by atoms with Crippen LogP contribution in [0.4, 0.5) is 5.95 Å². The van der Waals surface area contributed by atoms with Gasteiger partial charge in [0, 0.05) is 37.0 Å². The summed E-state index contributed by atoms with van der Waals surface area (Å²) in [6, 6.07) is 15.8. The average molecular weight is 493 g/mol. The zero-order valence-corrected chi connectivity index (χ0v) is 21.9. The third kappa shape index (κ3) is 6.73. The second-order valence-corrected chi connectivity index (χ2v) is 9.25. The van der Waals surface area contributed by atoms with Crippen molar-refractivity contribution in [2.45, 2.75) is 33.6 Å². The first kappa shape index (κ1) is 26.9. The summed E-state index contributed by atoms with van der Waals surface area (Å²) < 4.78 is 12.2. The van der Waals surface area contributed by atoms with Gasteiger partial charge in [0.05, 0.1) is 19.4 Å². The number of rotatable bonds is 11. The lowest BCUT2D eigenvalue weighted by Crippen LogP contribution is -2.42. The number of nitrogens with one attached hydrogen (secondary N) is 1. The number of anilines is 1. The van der Waals surface area contributed by atoms with E-state index < -0.39 is 0 Å². The van der Waals surface area contributed by atoms with Crippen LogP contribution in [-0.2, 0) is 14.3 Å². The fraction of sp³-hybridized carbons (Fsp3) is 0.393. The lowest BCUT2D eigenvalue weighted by atomic mass is 10.0. The molecule has 192 valence electrons. The predicted octanol–water partition coefficient (Wildman–Crippen LogP) is 4.74. The summed E-state index contributed by atoms with van der Waals surface area (Å²) in [5.41, 5.74) is 3.69. The lowest BCUT2D eigenvalue weighted by Gasteiger charge is -2.23. The number of hydrogen-bond acceptors (Lipinski definition) is 5. The third-order valence-electron chi connectivity index (χ3n) is 5.89. The van der Waals surface area contributed by atoms with E-state index in [-0.39, 0.29) is 24.3 Å². The van der Waals surface area contributed by atoms with Crippen molar-refractivity contribution >= 4 is 17.8 Å². The van der Waals surface area contributed by atoms with Crippen LogP contribution < -0.4 is 10.1 Å². The predicted molar refractivity (Wildman–Crippen MR) is 142 cm³/mol. The molecule has 36 heavy (non-hydrogen) atoms. The van der Waals surface area contributed by atoms with Crippen LogP contribution >= 0.6 is 0 Å². The molecule has 0 spiro atoms. The molecule has 0 radical (unpaired) electrons. The Balaban J connectivity index is 1.92. The number of methoxy groups -OCH3 is 2. The van der Waals surface area contributed by atoms with Gasteiger partial charge in [-0.15, -0.1) is 0 Å². The third-order valence-corrected chi connectivity index (χ3v) is 5.89. The molecule has 0 fully saturated rings. The molecule has 8 heteroatoms. The summed E-state index contributed by atoms with van der Waals surface area (Å²) in [6.07, 6.45) is 1.89. The van der Waals surface area contributed by atoms with E-state index in [4.69, 9.17) is 14.5 Å². The van der Waals surface area contributed by atoms with Crippen LogP contribution in [-0.4, -0.2) is 60.2 Å². The Morgan fingerprint density at radius 3 is 2.22 bits per heavy atom. The van der Waals surface area contributed by atoms with Gasteiger partial charge in [0.1, 0.15) is 12.3 Å². The Hall–Kier alpha value is -3.65. The molecule has 2 aromatic carbocycles. The molecular formula is C28H36N4O4. The second kappa shape index (κ2) is 12.4.